The minimum Gasteiger partial charge on any atom is -0.469 e. The fourth-order valence-corrected chi connectivity index (χ4v) is 2.84. The van der Waals surface area contributed by atoms with Crippen LogP contribution in [0.1, 0.15) is 25.7 Å². The molecule has 0 saturated carbocycles. The van der Waals surface area contributed by atoms with Gasteiger partial charge in [-0.2, -0.15) is 0 Å². The van der Waals surface area contributed by atoms with Gasteiger partial charge in [0.15, 0.2) is 0 Å². The van der Waals surface area contributed by atoms with Crippen molar-refractivity contribution in [2.24, 2.45) is 0 Å². The van der Waals surface area contributed by atoms with Crippen LogP contribution in [0.25, 0.3) is 0 Å². The number of carbonyl (C=O) groups is 1. The molecule has 0 aromatic rings. The van der Waals surface area contributed by atoms with Crippen molar-refractivity contribution in [2.45, 2.75) is 31.7 Å². The van der Waals surface area contributed by atoms with Crippen molar-refractivity contribution in [3.05, 3.63) is 0 Å². The van der Waals surface area contributed by atoms with E-state index < -0.39 is 0 Å². The SMILES string of the molecule is COC(=O)CCN1CCCN2CCCC2C1. The maximum atomic E-state index is 11.1. The maximum Gasteiger partial charge on any atom is 0.306 e. The largest absolute Gasteiger partial charge is 0.469 e. The number of hydrogen-bond acceptors (Lipinski definition) is 4. The van der Waals surface area contributed by atoms with Crippen LogP contribution in [-0.4, -0.2) is 61.6 Å². The number of ether oxygens (including phenoxy) is 1. The summed E-state index contributed by atoms with van der Waals surface area (Å²) in [6, 6.07) is 0.736. The first kappa shape index (κ1) is 11.9. The third kappa shape index (κ3) is 2.95. The lowest BCUT2D eigenvalue weighted by atomic mass is 10.2. The molecule has 4 heteroatoms. The van der Waals surface area contributed by atoms with Crippen LogP contribution >= 0.6 is 0 Å². The van der Waals surface area contributed by atoms with E-state index in [0.29, 0.717) is 6.42 Å². The Morgan fingerprint density at radius 1 is 1.31 bits per heavy atom. The number of methoxy groups -OCH3 is 1. The molecule has 0 bridgehead atoms. The van der Waals surface area contributed by atoms with E-state index in [1.165, 1.54) is 39.5 Å². The molecule has 0 radical (unpaired) electrons. The van der Waals surface area contributed by atoms with Gasteiger partial charge in [0.2, 0.25) is 0 Å². The van der Waals surface area contributed by atoms with E-state index in [9.17, 15) is 4.79 Å². The third-order valence-corrected chi connectivity index (χ3v) is 3.75. The minimum atomic E-state index is -0.0903. The van der Waals surface area contributed by atoms with Gasteiger partial charge in [-0.1, -0.05) is 0 Å². The molecule has 1 unspecified atom stereocenters. The summed E-state index contributed by atoms with van der Waals surface area (Å²) in [5.74, 6) is -0.0903. The van der Waals surface area contributed by atoms with Crippen molar-refractivity contribution in [2.75, 3.05) is 39.8 Å². The van der Waals surface area contributed by atoms with Gasteiger partial charge in [0.05, 0.1) is 13.5 Å². The Morgan fingerprint density at radius 2 is 2.12 bits per heavy atom. The van der Waals surface area contributed by atoms with E-state index in [4.69, 9.17) is 0 Å². The Balaban J connectivity index is 1.79. The first-order chi connectivity index (χ1) is 7.79. The molecule has 2 fully saturated rings. The first-order valence-electron chi connectivity index (χ1n) is 6.33. The highest BCUT2D eigenvalue weighted by atomic mass is 16.5. The van der Waals surface area contributed by atoms with Gasteiger partial charge in [0.25, 0.3) is 0 Å². The molecule has 0 aliphatic carbocycles. The van der Waals surface area contributed by atoms with Crippen molar-refractivity contribution >= 4 is 5.97 Å². The number of esters is 1. The predicted molar refractivity (Wildman–Crippen MR) is 62.3 cm³/mol. The zero-order valence-corrected chi connectivity index (χ0v) is 10.2. The summed E-state index contributed by atoms with van der Waals surface area (Å²) >= 11 is 0. The van der Waals surface area contributed by atoms with Crippen LogP contribution in [-0.2, 0) is 9.53 Å². The fraction of sp³-hybridized carbons (Fsp3) is 0.917. The maximum absolute atomic E-state index is 11.1. The quantitative estimate of drug-likeness (QED) is 0.664. The average Bonchev–Trinajstić information content (AvgIpc) is 2.64. The van der Waals surface area contributed by atoms with Crippen LogP contribution in [0.2, 0.25) is 0 Å². The van der Waals surface area contributed by atoms with Crippen LogP contribution in [0, 0.1) is 0 Å². The Hall–Kier alpha value is -0.610. The van der Waals surface area contributed by atoms with Gasteiger partial charge >= 0.3 is 5.97 Å². The zero-order valence-electron chi connectivity index (χ0n) is 10.2. The van der Waals surface area contributed by atoms with Crippen molar-refractivity contribution in [3.63, 3.8) is 0 Å². The molecule has 1 atom stereocenters. The van der Waals surface area contributed by atoms with Crippen molar-refractivity contribution in [1.82, 2.24) is 9.80 Å². The average molecular weight is 226 g/mol. The summed E-state index contributed by atoms with van der Waals surface area (Å²) in [5.41, 5.74) is 0. The summed E-state index contributed by atoms with van der Waals surface area (Å²) in [4.78, 5) is 16.1. The standard InChI is InChI=1S/C12H22N2O2/c1-16-12(15)5-9-13-6-3-8-14-7-2-4-11(14)10-13/h11H,2-10H2,1H3. The highest BCUT2D eigenvalue weighted by molar-refractivity contribution is 5.69. The molecule has 92 valence electrons. The second kappa shape index (κ2) is 5.64. The topological polar surface area (TPSA) is 32.8 Å². The Bertz CT molecular complexity index is 245. The lowest BCUT2D eigenvalue weighted by Crippen LogP contribution is -2.37. The van der Waals surface area contributed by atoms with Crippen LogP contribution in [0.15, 0.2) is 0 Å². The molecule has 0 N–H and O–H groups in total. The highest BCUT2D eigenvalue weighted by Gasteiger charge is 2.28. The van der Waals surface area contributed by atoms with Gasteiger partial charge < -0.3 is 9.64 Å². The summed E-state index contributed by atoms with van der Waals surface area (Å²) in [5, 5.41) is 0. The van der Waals surface area contributed by atoms with Crippen LogP contribution in [0.4, 0.5) is 0 Å². The molecular weight excluding hydrogens is 204 g/mol. The fourth-order valence-electron chi connectivity index (χ4n) is 2.84. The van der Waals surface area contributed by atoms with Gasteiger partial charge in [-0.15, -0.1) is 0 Å². The Labute approximate surface area is 97.5 Å². The monoisotopic (exact) mass is 226 g/mol. The van der Waals surface area contributed by atoms with E-state index in [1.54, 1.807) is 0 Å². The molecule has 2 heterocycles. The Kier molecular flexibility index (Phi) is 4.18. The molecule has 0 spiro atoms. The number of fused-ring (bicyclic) bond motifs is 1. The minimum absolute atomic E-state index is 0.0903. The first-order valence-corrected chi connectivity index (χ1v) is 6.33. The molecule has 2 aliphatic heterocycles. The van der Waals surface area contributed by atoms with Gasteiger partial charge in [0.1, 0.15) is 0 Å². The van der Waals surface area contributed by atoms with E-state index >= 15 is 0 Å². The number of hydrogen-bond donors (Lipinski definition) is 0. The molecule has 0 aromatic carbocycles. The summed E-state index contributed by atoms with van der Waals surface area (Å²) in [6.07, 6.45) is 4.44. The second-order valence-corrected chi connectivity index (χ2v) is 4.81. The summed E-state index contributed by atoms with van der Waals surface area (Å²) in [7, 11) is 1.46. The molecule has 0 aromatic heterocycles. The predicted octanol–water partition coefficient (Wildman–Crippen LogP) is 0.720. The van der Waals surface area contributed by atoms with Gasteiger partial charge in [-0.05, 0) is 38.9 Å². The zero-order chi connectivity index (χ0) is 11.4. The molecule has 2 rings (SSSR count). The summed E-state index contributed by atoms with van der Waals surface area (Å²) in [6.45, 7) is 5.63. The lowest BCUT2D eigenvalue weighted by molar-refractivity contribution is -0.141. The third-order valence-electron chi connectivity index (χ3n) is 3.75. The van der Waals surface area contributed by atoms with E-state index in [2.05, 4.69) is 14.5 Å². The van der Waals surface area contributed by atoms with Crippen molar-refractivity contribution in [3.8, 4) is 0 Å². The molecule has 2 saturated heterocycles. The van der Waals surface area contributed by atoms with Crippen LogP contribution < -0.4 is 0 Å². The van der Waals surface area contributed by atoms with E-state index in [-0.39, 0.29) is 5.97 Å². The van der Waals surface area contributed by atoms with Crippen molar-refractivity contribution in [1.29, 1.82) is 0 Å². The van der Waals surface area contributed by atoms with Gasteiger partial charge in [0, 0.05) is 19.1 Å². The molecule has 4 nitrogen and oxygen atoms in total. The Morgan fingerprint density at radius 3 is 2.94 bits per heavy atom. The number of rotatable bonds is 3. The van der Waals surface area contributed by atoms with Gasteiger partial charge in [-0.3, -0.25) is 9.69 Å². The number of carbonyl (C=O) groups excluding carboxylic acids is 1. The smallest absolute Gasteiger partial charge is 0.306 e. The molecule has 0 amide bonds. The van der Waals surface area contributed by atoms with Crippen LogP contribution in [0.5, 0.6) is 0 Å². The summed E-state index contributed by atoms with van der Waals surface area (Å²) < 4.78 is 4.68. The van der Waals surface area contributed by atoms with Crippen LogP contribution in [0.3, 0.4) is 0 Å². The normalized spacial score (nSPS) is 27.4. The van der Waals surface area contributed by atoms with Gasteiger partial charge in [-0.25, -0.2) is 0 Å². The lowest BCUT2D eigenvalue weighted by Gasteiger charge is -2.25. The highest BCUT2D eigenvalue weighted by Crippen LogP contribution is 2.21. The second-order valence-electron chi connectivity index (χ2n) is 4.81. The number of nitrogens with zero attached hydrogens (tertiary/aromatic N) is 2. The molecular formula is C12H22N2O2. The van der Waals surface area contributed by atoms with E-state index in [0.717, 1.165) is 25.7 Å². The van der Waals surface area contributed by atoms with Crippen molar-refractivity contribution < 1.29 is 9.53 Å². The molecule has 2 aliphatic rings. The molecule has 16 heavy (non-hydrogen) atoms. The van der Waals surface area contributed by atoms with E-state index in [1.807, 2.05) is 0 Å².